The van der Waals surface area contributed by atoms with Crippen LogP contribution in [0.4, 0.5) is 9.59 Å². The minimum absolute atomic E-state index is 0.0155. The molecule has 5 rings (SSSR count). The van der Waals surface area contributed by atoms with Gasteiger partial charge in [0.1, 0.15) is 25.4 Å². The first kappa shape index (κ1) is 38.9. The van der Waals surface area contributed by atoms with Crippen molar-refractivity contribution in [3.8, 4) is 0 Å². The minimum atomic E-state index is -1.04. The smallest absolute Gasteiger partial charge is 0.317 e. The molecule has 52 heavy (non-hydrogen) atoms. The average molecular weight is 725 g/mol. The lowest BCUT2D eigenvalue weighted by Crippen LogP contribution is -2.54. The van der Waals surface area contributed by atoms with Gasteiger partial charge >= 0.3 is 12.1 Å². The summed E-state index contributed by atoms with van der Waals surface area (Å²) in [5, 5.41) is 16.7. The first-order valence-electron chi connectivity index (χ1n) is 17.9. The molecule has 0 unspecified atom stereocenters. The highest BCUT2D eigenvalue weighted by atomic mass is 16.6. The number of carbonyl (C=O) groups is 4. The minimum Gasteiger partial charge on any atom is -0.388 e. The predicted molar refractivity (Wildman–Crippen MR) is 190 cm³/mol. The molecule has 2 aromatic rings. The number of hydrogen-bond donors (Lipinski definition) is 5. The number of ether oxygens (including phenoxy) is 3. The zero-order valence-corrected chi connectivity index (χ0v) is 29.6. The van der Waals surface area contributed by atoms with Crippen LogP contribution in [0.3, 0.4) is 0 Å². The molecule has 3 heterocycles. The highest BCUT2D eigenvalue weighted by molar-refractivity contribution is 5.79. The Morgan fingerprint density at radius 2 is 1.10 bits per heavy atom. The third kappa shape index (κ3) is 11.1. The third-order valence-corrected chi connectivity index (χ3v) is 9.67. The van der Waals surface area contributed by atoms with Crippen LogP contribution in [0.1, 0.15) is 28.7 Å². The quantitative estimate of drug-likeness (QED) is 0.180. The van der Waals surface area contributed by atoms with E-state index in [2.05, 4.69) is 10.6 Å². The lowest BCUT2D eigenvalue weighted by Gasteiger charge is -2.37. The predicted octanol–water partition coefficient (Wildman–Crippen LogP) is -0.437. The van der Waals surface area contributed by atoms with Crippen LogP contribution in [-0.4, -0.2) is 146 Å². The van der Waals surface area contributed by atoms with Gasteiger partial charge in [-0.25, -0.2) is 9.59 Å². The zero-order chi connectivity index (χ0) is 36.9. The summed E-state index contributed by atoms with van der Waals surface area (Å²) in [5.74, 6) is -0.425. The Morgan fingerprint density at radius 1 is 0.673 bits per heavy atom. The monoisotopic (exact) mass is 724 g/mol. The Balaban J connectivity index is 0.935. The van der Waals surface area contributed by atoms with Gasteiger partial charge in [-0.2, -0.15) is 0 Å². The number of aliphatic hydroxyl groups excluding tert-OH is 1. The molecular weight excluding hydrogens is 672 g/mol. The fourth-order valence-electron chi connectivity index (χ4n) is 6.28. The van der Waals surface area contributed by atoms with Crippen molar-refractivity contribution in [1.82, 2.24) is 30.2 Å². The van der Waals surface area contributed by atoms with Crippen molar-refractivity contribution < 1.29 is 38.5 Å². The van der Waals surface area contributed by atoms with E-state index in [1.165, 1.54) is 0 Å². The number of rotatable bonds is 13. The van der Waals surface area contributed by atoms with Gasteiger partial charge < -0.3 is 61.0 Å². The van der Waals surface area contributed by atoms with Crippen LogP contribution >= 0.6 is 0 Å². The number of hydrogen-bond acceptors (Lipinski definition) is 10. The molecule has 0 aromatic heterocycles. The van der Waals surface area contributed by atoms with Crippen LogP contribution in [-0.2, 0) is 50.0 Å². The van der Waals surface area contributed by atoms with Crippen LogP contribution in [0.15, 0.2) is 48.5 Å². The normalized spacial score (nSPS) is 20.8. The number of benzene rings is 2. The molecule has 0 aliphatic carbocycles. The second-order valence-electron chi connectivity index (χ2n) is 13.1. The summed E-state index contributed by atoms with van der Waals surface area (Å²) in [6.45, 7) is 4.80. The van der Waals surface area contributed by atoms with Crippen LogP contribution < -0.4 is 22.1 Å². The molecule has 3 saturated heterocycles. The summed E-state index contributed by atoms with van der Waals surface area (Å²) in [6, 6.07) is 15.1. The summed E-state index contributed by atoms with van der Waals surface area (Å²) >= 11 is 0. The van der Waals surface area contributed by atoms with Crippen LogP contribution in [0.2, 0.25) is 0 Å². The molecule has 6 amide bonds. The maximum absolute atomic E-state index is 12.9. The molecule has 3 atom stereocenters. The standard InChI is InChI=1S/C36H52N8O8/c37-19-26-1-5-28(6-2-26)21-39-35(48)43-14-10-41(11-15-43)32(45)24-50-23-31-34(47)30(9-18-51-31)52-25-33(46)42-12-16-44(17-13-42)36(49)40-22-29-7-3-27(20-38)4-8-29/h1-8,30-31,34,47H,9-25,37-38H2,(H,39,48)(H,40,49)/t30-,31-,34+/m1/s1. The number of aliphatic hydroxyl groups is 1. The van der Waals surface area contributed by atoms with Gasteiger partial charge in [-0.1, -0.05) is 48.5 Å². The molecular formula is C36H52N8O8. The van der Waals surface area contributed by atoms with E-state index in [9.17, 15) is 24.3 Å². The van der Waals surface area contributed by atoms with Gasteiger partial charge in [0.2, 0.25) is 11.8 Å². The zero-order valence-electron chi connectivity index (χ0n) is 29.6. The molecule has 16 heteroatoms. The molecule has 0 spiro atoms. The van der Waals surface area contributed by atoms with Crippen molar-refractivity contribution in [2.45, 2.75) is 50.9 Å². The van der Waals surface area contributed by atoms with E-state index in [0.29, 0.717) is 91.6 Å². The van der Waals surface area contributed by atoms with E-state index in [-0.39, 0.29) is 43.7 Å². The molecule has 284 valence electrons. The molecule has 2 aromatic carbocycles. The van der Waals surface area contributed by atoms with Gasteiger partial charge in [0.25, 0.3) is 0 Å². The lowest BCUT2D eigenvalue weighted by molar-refractivity contribution is -0.178. The molecule has 0 bridgehead atoms. The second kappa shape index (κ2) is 19.5. The number of nitrogens with two attached hydrogens (primary N) is 2. The van der Waals surface area contributed by atoms with E-state index in [0.717, 1.165) is 22.3 Å². The Bertz CT molecular complexity index is 1460. The largest absolute Gasteiger partial charge is 0.388 e. The molecule has 0 saturated carbocycles. The molecule has 3 aliphatic heterocycles. The van der Waals surface area contributed by atoms with Gasteiger partial charge in [0.15, 0.2) is 0 Å². The van der Waals surface area contributed by atoms with Gasteiger partial charge in [-0.15, -0.1) is 0 Å². The number of nitrogens with one attached hydrogen (secondary N) is 2. The number of urea groups is 2. The average Bonchev–Trinajstić information content (AvgIpc) is 3.19. The molecule has 16 nitrogen and oxygen atoms in total. The Morgan fingerprint density at radius 3 is 1.56 bits per heavy atom. The van der Waals surface area contributed by atoms with Crippen LogP contribution in [0.25, 0.3) is 0 Å². The molecule has 0 radical (unpaired) electrons. The van der Waals surface area contributed by atoms with Crippen molar-refractivity contribution in [2.75, 3.05) is 78.8 Å². The maximum Gasteiger partial charge on any atom is 0.317 e. The van der Waals surface area contributed by atoms with E-state index in [1.807, 2.05) is 48.5 Å². The van der Waals surface area contributed by atoms with E-state index in [1.54, 1.807) is 19.6 Å². The summed E-state index contributed by atoms with van der Waals surface area (Å²) in [5.41, 5.74) is 15.3. The highest BCUT2D eigenvalue weighted by Gasteiger charge is 2.35. The first-order chi connectivity index (χ1) is 25.2. The van der Waals surface area contributed by atoms with Crippen molar-refractivity contribution in [2.24, 2.45) is 11.5 Å². The van der Waals surface area contributed by atoms with Crippen molar-refractivity contribution >= 4 is 23.9 Å². The molecule has 3 fully saturated rings. The van der Waals surface area contributed by atoms with Crippen LogP contribution in [0, 0.1) is 0 Å². The molecule has 7 N–H and O–H groups in total. The van der Waals surface area contributed by atoms with Gasteiger partial charge in [0, 0.05) is 85.1 Å². The topological polar surface area (TPSA) is 205 Å². The Labute approximate surface area is 304 Å². The van der Waals surface area contributed by atoms with E-state index < -0.39 is 18.3 Å². The van der Waals surface area contributed by atoms with Crippen molar-refractivity contribution in [3.63, 3.8) is 0 Å². The number of nitrogens with zero attached hydrogens (tertiary/aromatic N) is 4. The highest BCUT2D eigenvalue weighted by Crippen LogP contribution is 2.19. The number of carbonyl (C=O) groups excluding carboxylic acids is 4. The number of piperazine rings is 2. The van der Waals surface area contributed by atoms with Gasteiger partial charge in [-0.05, 0) is 28.7 Å². The fraction of sp³-hybridized carbons (Fsp3) is 0.556. The lowest BCUT2D eigenvalue weighted by atomic mass is 10.0. The van der Waals surface area contributed by atoms with Gasteiger partial charge in [-0.3, -0.25) is 9.59 Å². The SMILES string of the molecule is NCc1ccc(CNC(=O)N2CCN(C(=O)COC[C@H]3OCC[C@@H](OCC(=O)N4CCN(C(=O)NCc5ccc(CN)cc5)CC4)[C@@H]3O)CC2)cc1. The van der Waals surface area contributed by atoms with Crippen molar-refractivity contribution in [3.05, 3.63) is 70.8 Å². The van der Waals surface area contributed by atoms with Crippen molar-refractivity contribution in [1.29, 1.82) is 0 Å². The summed E-state index contributed by atoms with van der Waals surface area (Å²) in [4.78, 5) is 57.6. The summed E-state index contributed by atoms with van der Waals surface area (Å²) < 4.78 is 17.2. The van der Waals surface area contributed by atoms with Gasteiger partial charge in [0.05, 0.1) is 12.7 Å². The first-order valence-corrected chi connectivity index (χ1v) is 17.9. The van der Waals surface area contributed by atoms with E-state index in [4.69, 9.17) is 25.7 Å². The summed E-state index contributed by atoms with van der Waals surface area (Å²) in [7, 11) is 0. The third-order valence-electron chi connectivity index (χ3n) is 9.67. The number of amides is 6. The fourth-order valence-corrected chi connectivity index (χ4v) is 6.28. The second-order valence-corrected chi connectivity index (χ2v) is 13.1. The molecule has 3 aliphatic rings. The Kier molecular flexibility index (Phi) is 14.6. The maximum atomic E-state index is 12.9. The van der Waals surface area contributed by atoms with Crippen LogP contribution in [0.5, 0.6) is 0 Å². The summed E-state index contributed by atoms with van der Waals surface area (Å²) in [6.07, 6.45) is -1.97. The van der Waals surface area contributed by atoms with E-state index >= 15 is 0 Å². The Hall–Kier alpha value is -4.32.